The second-order valence-corrected chi connectivity index (χ2v) is 8.65. The molecule has 0 bridgehead atoms. The number of benzene rings is 2. The van der Waals surface area contributed by atoms with E-state index in [0.29, 0.717) is 34.6 Å². The fourth-order valence-electron chi connectivity index (χ4n) is 4.14. The van der Waals surface area contributed by atoms with Crippen LogP contribution < -0.4 is 5.32 Å². The molecule has 0 aliphatic carbocycles. The lowest BCUT2D eigenvalue weighted by atomic mass is 9.92. The highest BCUT2D eigenvalue weighted by atomic mass is 19.1. The molecule has 0 saturated carbocycles. The fourth-order valence-corrected chi connectivity index (χ4v) is 4.14. The first-order valence-electron chi connectivity index (χ1n) is 11.7. The third-order valence-corrected chi connectivity index (χ3v) is 6.20. The van der Waals surface area contributed by atoms with Crippen molar-refractivity contribution in [3.05, 3.63) is 100 Å². The Bertz CT molecular complexity index is 1240. The molecule has 1 aliphatic rings. The number of ether oxygens (including phenoxy) is 1. The molecule has 0 radical (unpaired) electrons. The summed E-state index contributed by atoms with van der Waals surface area (Å²) in [5.74, 6) is -0.447. The summed E-state index contributed by atoms with van der Waals surface area (Å²) in [6.45, 7) is 11.4. The van der Waals surface area contributed by atoms with Crippen molar-refractivity contribution in [2.24, 2.45) is 0 Å². The number of aldehydes is 1. The average Bonchev–Trinajstić information content (AvgIpc) is 2.87. The number of hydrogen-bond donors (Lipinski definition) is 1. The number of anilines is 1. The molecule has 0 atom stereocenters. The van der Waals surface area contributed by atoms with Crippen LogP contribution in [0.15, 0.2) is 72.4 Å². The van der Waals surface area contributed by atoms with E-state index in [-0.39, 0.29) is 0 Å². The van der Waals surface area contributed by atoms with Gasteiger partial charge in [0.05, 0.1) is 11.3 Å². The Balaban J connectivity index is 1.93. The second kappa shape index (κ2) is 12.1. The second-order valence-electron chi connectivity index (χ2n) is 8.65. The highest BCUT2D eigenvalue weighted by molar-refractivity contribution is 5.83. The van der Waals surface area contributed by atoms with Crippen molar-refractivity contribution in [1.29, 1.82) is 5.26 Å². The molecule has 1 fully saturated rings. The molecule has 1 N–H and O–H groups in total. The van der Waals surface area contributed by atoms with Crippen molar-refractivity contribution < 1.29 is 13.9 Å². The minimum absolute atomic E-state index is 0.294. The molecule has 0 unspecified atom stereocenters. The Morgan fingerprint density at radius 3 is 2.57 bits per heavy atom. The van der Waals surface area contributed by atoms with Crippen molar-refractivity contribution in [3.8, 4) is 6.07 Å². The van der Waals surface area contributed by atoms with Gasteiger partial charge in [0.25, 0.3) is 0 Å². The van der Waals surface area contributed by atoms with Crippen LogP contribution in [0, 0.1) is 17.1 Å². The summed E-state index contributed by atoms with van der Waals surface area (Å²) >= 11 is 0. The number of allylic oxidation sites excluding steroid dienone is 7. The van der Waals surface area contributed by atoms with Crippen LogP contribution in [0.1, 0.15) is 60.7 Å². The maximum Gasteiger partial charge on any atom is 0.150 e. The van der Waals surface area contributed by atoms with Gasteiger partial charge in [0, 0.05) is 30.4 Å². The van der Waals surface area contributed by atoms with Crippen LogP contribution in [-0.4, -0.2) is 25.5 Å². The first-order chi connectivity index (χ1) is 16.9. The lowest BCUT2D eigenvalue weighted by Gasteiger charge is -2.24. The van der Waals surface area contributed by atoms with Gasteiger partial charge in [-0.1, -0.05) is 43.0 Å². The Kier molecular flexibility index (Phi) is 8.94. The van der Waals surface area contributed by atoms with Crippen molar-refractivity contribution in [3.63, 3.8) is 0 Å². The van der Waals surface area contributed by atoms with E-state index < -0.39 is 5.82 Å². The smallest absolute Gasteiger partial charge is 0.150 e. The maximum absolute atomic E-state index is 14.5. The summed E-state index contributed by atoms with van der Waals surface area (Å²) < 4.78 is 19.9. The predicted molar refractivity (Wildman–Crippen MR) is 141 cm³/mol. The number of hydrogen-bond acceptors (Lipinski definition) is 4. The van der Waals surface area contributed by atoms with Gasteiger partial charge in [0.15, 0.2) is 0 Å². The van der Waals surface area contributed by atoms with Crippen LogP contribution in [0.2, 0.25) is 0 Å². The number of rotatable bonds is 8. The SMILES string of the molecule is C=C(/C=C(\C)c1ccc(C=O)cc1F)/C(C)=C(\C=C/C)c1ccc(NC2CCOCC2)c(C#N)c1. The van der Waals surface area contributed by atoms with E-state index in [0.717, 1.165) is 54.0 Å². The van der Waals surface area contributed by atoms with Gasteiger partial charge in [-0.25, -0.2) is 4.39 Å². The summed E-state index contributed by atoms with van der Waals surface area (Å²) in [6.07, 6.45) is 8.23. The van der Waals surface area contributed by atoms with Crippen LogP contribution in [0.5, 0.6) is 0 Å². The zero-order valence-corrected chi connectivity index (χ0v) is 20.5. The standard InChI is InChI=1S/C30H31FN2O2/c1-5-6-28(22(4)20(2)15-21(3)27-9-7-23(19-34)16-29(27)31)24-8-10-30(25(17-24)18-32)33-26-11-13-35-14-12-26/h5-10,15-17,19,26,33H,2,11-14H2,1,3-4H3/b6-5-,21-15+,28-22+. The Labute approximate surface area is 207 Å². The van der Waals surface area contributed by atoms with Gasteiger partial charge in [-0.3, -0.25) is 4.79 Å². The van der Waals surface area contributed by atoms with Crippen LogP contribution in [0.3, 0.4) is 0 Å². The monoisotopic (exact) mass is 470 g/mol. The van der Waals surface area contributed by atoms with E-state index in [4.69, 9.17) is 4.74 Å². The van der Waals surface area contributed by atoms with Gasteiger partial charge in [0.2, 0.25) is 0 Å². The van der Waals surface area contributed by atoms with E-state index in [1.54, 1.807) is 12.1 Å². The number of nitrogens with zero attached hydrogens (tertiary/aromatic N) is 1. The van der Waals surface area contributed by atoms with Gasteiger partial charge in [-0.05, 0) is 79.7 Å². The molecule has 3 rings (SSSR count). The zero-order valence-electron chi connectivity index (χ0n) is 20.5. The summed E-state index contributed by atoms with van der Waals surface area (Å²) in [6, 6.07) is 12.9. The first kappa shape index (κ1) is 25.9. The largest absolute Gasteiger partial charge is 0.381 e. The van der Waals surface area contributed by atoms with E-state index in [2.05, 4.69) is 18.0 Å². The van der Waals surface area contributed by atoms with E-state index in [1.807, 2.05) is 57.2 Å². The molecule has 1 aliphatic heterocycles. The highest BCUT2D eigenvalue weighted by Gasteiger charge is 2.16. The summed E-state index contributed by atoms with van der Waals surface area (Å²) in [5.41, 5.74) is 6.33. The predicted octanol–water partition coefficient (Wildman–Crippen LogP) is 7.11. The van der Waals surface area contributed by atoms with Gasteiger partial charge in [-0.2, -0.15) is 5.26 Å². The van der Waals surface area contributed by atoms with Crippen molar-refractivity contribution in [2.75, 3.05) is 18.5 Å². The quantitative estimate of drug-likeness (QED) is 0.330. The van der Waals surface area contributed by atoms with E-state index >= 15 is 0 Å². The molecule has 1 heterocycles. The van der Waals surface area contributed by atoms with E-state index in [9.17, 15) is 14.4 Å². The molecule has 0 aromatic heterocycles. The van der Waals surface area contributed by atoms with Gasteiger partial charge in [-0.15, -0.1) is 0 Å². The number of nitriles is 1. The van der Waals surface area contributed by atoms with Crippen molar-refractivity contribution >= 4 is 23.1 Å². The molecule has 1 saturated heterocycles. The molecule has 0 amide bonds. The molecule has 180 valence electrons. The van der Waals surface area contributed by atoms with Crippen LogP contribution >= 0.6 is 0 Å². The van der Waals surface area contributed by atoms with Gasteiger partial charge in [0.1, 0.15) is 18.2 Å². The third-order valence-electron chi connectivity index (χ3n) is 6.20. The molecule has 35 heavy (non-hydrogen) atoms. The Morgan fingerprint density at radius 2 is 1.94 bits per heavy atom. The molecular weight excluding hydrogens is 439 g/mol. The minimum atomic E-state index is -0.447. The van der Waals surface area contributed by atoms with Crippen LogP contribution in [-0.2, 0) is 4.74 Å². The topological polar surface area (TPSA) is 62.1 Å². The highest BCUT2D eigenvalue weighted by Crippen LogP contribution is 2.30. The minimum Gasteiger partial charge on any atom is -0.381 e. The van der Waals surface area contributed by atoms with Crippen LogP contribution in [0.4, 0.5) is 10.1 Å². The molecule has 0 spiro atoms. The molecule has 2 aromatic rings. The Morgan fingerprint density at radius 1 is 1.20 bits per heavy atom. The molecule has 4 nitrogen and oxygen atoms in total. The fraction of sp³-hybridized carbons (Fsp3) is 0.267. The number of carbonyl (C=O) groups is 1. The lowest BCUT2D eigenvalue weighted by Crippen LogP contribution is -2.28. The van der Waals surface area contributed by atoms with Crippen molar-refractivity contribution in [2.45, 2.75) is 39.7 Å². The average molecular weight is 471 g/mol. The van der Waals surface area contributed by atoms with Crippen molar-refractivity contribution in [1.82, 2.24) is 0 Å². The summed E-state index contributed by atoms with van der Waals surface area (Å²) in [5, 5.41) is 13.3. The lowest BCUT2D eigenvalue weighted by molar-refractivity contribution is 0.0904. The molecule has 2 aromatic carbocycles. The summed E-state index contributed by atoms with van der Waals surface area (Å²) in [7, 11) is 0. The van der Waals surface area contributed by atoms with E-state index in [1.165, 1.54) is 6.07 Å². The maximum atomic E-state index is 14.5. The zero-order chi connectivity index (χ0) is 25.4. The van der Waals surface area contributed by atoms with Gasteiger partial charge < -0.3 is 10.1 Å². The normalized spacial score (nSPS) is 15.5. The number of halogens is 1. The first-order valence-corrected chi connectivity index (χ1v) is 11.7. The summed E-state index contributed by atoms with van der Waals surface area (Å²) in [4.78, 5) is 10.9. The number of carbonyl (C=O) groups excluding carboxylic acids is 1. The van der Waals surface area contributed by atoms with Crippen LogP contribution in [0.25, 0.3) is 11.1 Å². The number of nitrogens with one attached hydrogen (secondary N) is 1. The molecule has 5 heteroatoms. The van der Waals surface area contributed by atoms with Gasteiger partial charge >= 0.3 is 0 Å². The third kappa shape index (κ3) is 6.44. The Hall–Kier alpha value is -3.75. The molecular formula is C30H31FN2O2.